The Morgan fingerprint density at radius 3 is 2.23 bits per heavy atom. The molecule has 1 saturated carbocycles. The lowest BCUT2D eigenvalue weighted by atomic mass is 9.74. The van der Waals surface area contributed by atoms with Crippen molar-refractivity contribution in [2.75, 3.05) is 6.54 Å². The Morgan fingerprint density at radius 2 is 1.60 bits per heavy atom. The molecule has 0 atom stereocenters. The molecule has 0 amide bonds. The molecule has 2 aromatic rings. The first-order chi connectivity index (χ1) is 14.5. The Bertz CT molecular complexity index is 884. The number of hydrogen-bond acceptors (Lipinski definition) is 5. The van der Waals surface area contributed by atoms with Crippen molar-refractivity contribution in [2.45, 2.75) is 38.7 Å². The fraction of sp³-hybridized carbons (Fsp3) is 0.348. The van der Waals surface area contributed by atoms with Gasteiger partial charge in [0.1, 0.15) is 12.4 Å². The summed E-state index contributed by atoms with van der Waals surface area (Å²) in [5.41, 5.74) is 11.5. The molecule has 4 N–H and O–H groups in total. The molecule has 7 nitrogen and oxygen atoms in total. The number of esters is 2. The summed E-state index contributed by atoms with van der Waals surface area (Å²) in [5, 5.41) is 0. The average molecular weight is 409 g/mol. The van der Waals surface area contributed by atoms with Crippen LogP contribution in [0.2, 0.25) is 0 Å². The van der Waals surface area contributed by atoms with Gasteiger partial charge in [-0.25, -0.2) is 4.79 Å². The van der Waals surface area contributed by atoms with Gasteiger partial charge in [0.05, 0.1) is 17.5 Å². The molecular weight excluding hydrogens is 382 g/mol. The van der Waals surface area contributed by atoms with Crippen molar-refractivity contribution in [1.29, 1.82) is 0 Å². The smallest absolute Gasteiger partial charge is 0.338 e. The van der Waals surface area contributed by atoms with Crippen molar-refractivity contribution in [2.24, 2.45) is 21.9 Å². The summed E-state index contributed by atoms with van der Waals surface area (Å²) in [5.74, 6) is -0.444. The van der Waals surface area contributed by atoms with Crippen LogP contribution in [0.4, 0.5) is 0 Å². The predicted molar refractivity (Wildman–Crippen MR) is 114 cm³/mol. The van der Waals surface area contributed by atoms with E-state index in [1.165, 1.54) is 0 Å². The topological polar surface area (TPSA) is 117 Å². The molecule has 1 aliphatic rings. The summed E-state index contributed by atoms with van der Waals surface area (Å²) < 4.78 is 10.9. The number of rotatable bonds is 7. The highest BCUT2D eigenvalue weighted by atomic mass is 16.5. The molecule has 0 bridgehead atoms. The zero-order valence-electron chi connectivity index (χ0n) is 16.9. The van der Waals surface area contributed by atoms with Crippen LogP contribution < -0.4 is 16.2 Å². The van der Waals surface area contributed by atoms with Crippen molar-refractivity contribution < 1.29 is 19.1 Å². The third-order valence-electron chi connectivity index (χ3n) is 5.32. The van der Waals surface area contributed by atoms with Crippen LogP contribution in [0.5, 0.6) is 5.75 Å². The fourth-order valence-electron chi connectivity index (χ4n) is 3.58. The molecule has 2 aromatic carbocycles. The lowest BCUT2D eigenvalue weighted by Gasteiger charge is -2.33. The normalized spacial score (nSPS) is 15.1. The monoisotopic (exact) mass is 409 g/mol. The number of nitrogens with zero attached hydrogens (tertiary/aromatic N) is 1. The van der Waals surface area contributed by atoms with Crippen LogP contribution in [0, 0.1) is 5.41 Å². The minimum atomic E-state index is -0.713. The number of nitrogens with two attached hydrogens (primary N) is 2. The molecule has 30 heavy (non-hydrogen) atoms. The van der Waals surface area contributed by atoms with E-state index in [9.17, 15) is 9.59 Å². The lowest BCUT2D eigenvalue weighted by Crippen LogP contribution is -2.40. The lowest BCUT2D eigenvalue weighted by molar-refractivity contribution is -0.147. The molecule has 0 unspecified atom stereocenters. The molecule has 0 spiro atoms. The first kappa shape index (κ1) is 21.4. The van der Waals surface area contributed by atoms with Crippen molar-refractivity contribution in [1.82, 2.24) is 0 Å². The van der Waals surface area contributed by atoms with E-state index in [-0.39, 0.29) is 25.1 Å². The van der Waals surface area contributed by atoms with Gasteiger partial charge in [-0.1, -0.05) is 49.6 Å². The second-order valence-electron chi connectivity index (χ2n) is 7.56. The van der Waals surface area contributed by atoms with Crippen LogP contribution in [0.15, 0.2) is 59.6 Å². The molecule has 158 valence electrons. The van der Waals surface area contributed by atoms with E-state index >= 15 is 0 Å². The van der Waals surface area contributed by atoms with Gasteiger partial charge in [-0.3, -0.25) is 9.79 Å². The predicted octanol–water partition coefficient (Wildman–Crippen LogP) is 3.17. The van der Waals surface area contributed by atoms with E-state index in [0.29, 0.717) is 24.2 Å². The maximum absolute atomic E-state index is 12.9. The second kappa shape index (κ2) is 9.91. The quantitative estimate of drug-likeness (QED) is 0.314. The summed E-state index contributed by atoms with van der Waals surface area (Å²) >= 11 is 0. The number of carbonyl (C=O) groups excluding carboxylic acids is 2. The molecule has 0 radical (unpaired) electrons. The average Bonchev–Trinajstić information content (AvgIpc) is 2.78. The second-order valence-corrected chi connectivity index (χ2v) is 7.56. The van der Waals surface area contributed by atoms with Gasteiger partial charge < -0.3 is 20.9 Å². The molecule has 0 aliphatic heterocycles. The maximum Gasteiger partial charge on any atom is 0.338 e. The van der Waals surface area contributed by atoms with E-state index < -0.39 is 11.4 Å². The van der Waals surface area contributed by atoms with E-state index in [1.54, 1.807) is 24.3 Å². The molecule has 3 rings (SSSR count). The number of hydrogen-bond donors (Lipinski definition) is 2. The van der Waals surface area contributed by atoms with E-state index in [0.717, 1.165) is 24.8 Å². The third kappa shape index (κ3) is 5.59. The number of carbonyl (C=O) groups is 2. The van der Waals surface area contributed by atoms with Gasteiger partial charge in [0.2, 0.25) is 0 Å². The molecular formula is C23H27N3O4. The van der Waals surface area contributed by atoms with Crippen molar-refractivity contribution in [3.8, 4) is 5.75 Å². The highest BCUT2D eigenvalue weighted by Crippen LogP contribution is 2.38. The Hall–Kier alpha value is -3.35. The number of ether oxygens (including phenoxy) is 2. The summed E-state index contributed by atoms with van der Waals surface area (Å²) in [6.07, 6.45) is 4.32. The SMILES string of the molecule is NC(N)=NCC1(C(=O)Oc2ccc(C(=O)OCc3ccccc3)cc2)CCCCC1. The molecule has 1 fully saturated rings. The first-order valence-electron chi connectivity index (χ1n) is 10.1. The minimum absolute atomic E-state index is 0.0360. The van der Waals surface area contributed by atoms with Crippen LogP contribution in [-0.4, -0.2) is 24.4 Å². The van der Waals surface area contributed by atoms with E-state index in [4.69, 9.17) is 20.9 Å². The van der Waals surface area contributed by atoms with Crippen LogP contribution >= 0.6 is 0 Å². The van der Waals surface area contributed by atoms with Gasteiger partial charge >= 0.3 is 11.9 Å². The van der Waals surface area contributed by atoms with Gasteiger partial charge in [-0.2, -0.15) is 0 Å². The highest BCUT2D eigenvalue weighted by molar-refractivity contribution is 5.89. The van der Waals surface area contributed by atoms with Crippen molar-refractivity contribution in [3.05, 3.63) is 65.7 Å². The number of benzene rings is 2. The maximum atomic E-state index is 12.9. The summed E-state index contributed by atoms with van der Waals surface area (Å²) in [6.45, 7) is 0.418. The van der Waals surface area contributed by atoms with Gasteiger partial charge in [0, 0.05) is 0 Å². The van der Waals surface area contributed by atoms with Gasteiger partial charge in [0.15, 0.2) is 5.96 Å². The van der Waals surface area contributed by atoms with Gasteiger partial charge in [-0.05, 0) is 42.7 Å². The van der Waals surface area contributed by atoms with Crippen LogP contribution in [0.25, 0.3) is 0 Å². The van der Waals surface area contributed by atoms with E-state index in [2.05, 4.69) is 4.99 Å². The molecule has 0 saturated heterocycles. The Kier molecular flexibility index (Phi) is 7.06. The fourth-order valence-corrected chi connectivity index (χ4v) is 3.58. The molecule has 7 heteroatoms. The first-order valence-corrected chi connectivity index (χ1v) is 10.1. The molecule has 1 aliphatic carbocycles. The Balaban J connectivity index is 1.61. The minimum Gasteiger partial charge on any atom is -0.457 e. The van der Waals surface area contributed by atoms with Crippen molar-refractivity contribution in [3.63, 3.8) is 0 Å². The van der Waals surface area contributed by atoms with Crippen LogP contribution in [0.3, 0.4) is 0 Å². The largest absolute Gasteiger partial charge is 0.457 e. The summed E-state index contributed by atoms with van der Waals surface area (Å²) in [4.78, 5) is 29.2. The standard InChI is InChI=1S/C23H27N3O4/c24-22(25)26-16-23(13-5-2-6-14-23)21(28)30-19-11-9-18(10-12-19)20(27)29-15-17-7-3-1-4-8-17/h1,3-4,7-12H,2,5-6,13-16H2,(H4,24,25,26). The summed E-state index contributed by atoms with van der Waals surface area (Å²) in [7, 11) is 0. The highest BCUT2D eigenvalue weighted by Gasteiger charge is 2.41. The van der Waals surface area contributed by atoms with E-state index in [1.807, 2.05) is 30.3 Å². The zero-order chi connectivity index (χ0) is 21.4. The molecule has 0 aromatic heterocycles. The zero-order valence-corrected chi connectivity index (χ0v) is 16.9. The van der Waals surface area contributed by atoms with Gasteiger partial charge in [-0.15, -0.1) is 0 Å². The van der Waals surface area contributed by atoms with Crippen LogP contribution in [0.1, 0.15) is 48.0 Å². The van der Waals surface area contributed by atoms with Crippen LogP contribution in [-0.2, 0) is 16.1 Å². The Morgan fingerprint density at radius 1 is 0.933 bits per heavy atom. The summed E-state index contributed by atoms with van der Waals surface area (Å²) in [6, 6.07) is 15.8. The third-order valence-corrected chi connectivity index (χ3v) is 5.32. The number of guanidine groups is 1. The number of aliphatic imine (C=N–C) groups is 1. The molecule has 0 heterocycles. The van der Waals surface area contributed by atoms with Crippen molar-refractivity contribution >= 4 is 17.9 Å². The Labute approximate surface area is 176 Å². The van der Waals surface area contributed by atoms with Gasteiger partial charge in [0.25, 0.3) is 0 Å².